The molecule has 11 nitrogen and oxygen atoms in total. The zero-order chi connectivity index (χ0) is 31.4. The third-order valence-corrected chi connectivity index (χ3v) is 12.8. The highest BCUT2D eigenvalue weighted by atomic mass is 16.7. The van der Waals surface area contributed by atoms with Crippen molar-refractivity contribution in [1.82, 2.24) is 0 Å². The summed E-state index contributed by atoms with van der Waals surface area (Å²) in [5.41, 5.74) is -4.99. The topological polar surface area (TPSA) is 150 Å². The van der Waals surface area contributed by atoms with Crippen molar-refractivity contribution in [2.75, 3.05) is 0 Å². The third kappa shape index (κ3) is 3.32. The van der Waals surface area contributed by atoms with E-state index in [9.17, 15) is 24.6 Å². The fraction of sp³-hybridized carbons (Fsp3) is 0.788. The molecule has 0 unspecified atom stereocenters. The van der Waals surface area contributed by atoms with Gasteiger partial charge in [-0.1, -0.05) is 13.0 Å². The Balaban J connectivity index is 1.26. The maximum absolute atomic E-state index is 13.4. The molecule has 11 heteroatoms. The number of carbonyl (C=O) groups is 3. The molecule has 0 aromatic carbocycles. The van der Waals surface area contributed by atoms with Crippen LogP contribution in [0.25, 0.3) is 0 Å². The number of hydrogen-bond donors (Lipinski definition) is 2. The van der Waals surface area contributed by atoms with E-state index >= 15 is 0 Å². The van der Waals surface area contributed by atoms with Crippen molar-refractivity contribution in [1.29, 1.82) is 0 Å². The third-order valence-electron chi connectivity index (χ3n) is 12.8. The van der Waals surface area contributed by atoms with Gasteiger partial charge in [-0.15, -0.1) is 0 Å². The second-order valence-electron chi connectivity index (χ2n) is 15.2. The molecule has 8 rings (SSSR count). The van der Waals surface area contributed by atoms with Gasteiger partial charge >= 0.3 is 17.9 Å². The molecule has 8 aliphatic rings. The summed E-state index contributed by atoms with van der Waals surface area (Å²) >= 11 is 0. The summed E-state index contributed by atoms with van der Waals surface area (Å²) in [7, 11) is 0. The Labute approximate surface area is 256 Å². The van der Waals surface area contributed by atoms with Gasteiger partial charge < -0.3 is 38.6 Å². The Bertz CT molecular complexity index is 1420. The van der Waals surface area contributed by atoms with Gasteiger partial charge in [0.05, 0.1) is 35.7 Å². The normalized spacial score (nSPS) is 54.5. The van der Waals surface area contributed by atoms with Crippen molar-refractivity contribution in [3.8, 4) is 0 Å². The van der Waals surface area contributed by atoms with E-state index in [0.29, 0.717) is 17.6 Å². The number of hydrogen-bond acceptors (Lipinski definition) is 11. The molecule has 3 aliphatic carbocycles. The molecule has 5 heterocycles. The van der Waals surface area contributed by atoms with E-state index < -0.39 is 82.3 Å². The smallest absolute Gasteiger partial charge is 0.334 e. The predicted octanol–water partition coefficient (Wildman–Crippen LogP) is 2.05. The Morgan fingerprint density at radius 2 is 1.86 bits per heavy atom. The maximum Gasteiger partial charge on any atom is 0.334 e. The zero-order valence-electron chi connectivity index (χ0n) is 26.0. The van der Waals surface area contributed by atoms with Crippen LogP contribution in [0, 0.1) is 23.7 Å². The highest BCUT2D eigenvalue weighted by molar-refractivity contribution is 5.90. The van der Waals surface area contributed by atoms with Crippen LogP contribution in [0.1, 0.15) is 73.6 Å². The van der Waals surface area contributed by atoms with E-state index in [1.807, 2.05) is 13.8 Å². The van der Waals surface area contributed by atoms with Gasteiger partial charge in [0, 0.05) is 35.8 Å². The predicted molar refractivity (Wildman–Crippen MR) is 150 cm³/mol. The lowest BCUT2D eigenvalue weighted by Crippen LogP contribution is -2.72. The van der Waals surface area contributed by atoms with Gasteiger partial charge in [-0.25, -0.2) is 9.59 Å². The van der Waals surface area contributed by atoms with E-state index in [0.717, 1.165) is 0 Å². The minimum absolute atomic E-state index is 0.0165. The summed E-state index contributed by atoms with van der Waals surface area (Å²) in [6.07, 6.45) is 0.247. The molecule has 7 fully saturated rings. The number of aliphatic hydroxyl groups is 2. The second kappa shape index (κ2) is 8.73. The molecule has 3 spiro atoms. The molecule has 44 heavy (non-hydrogen) atoms. The van der Waals surface area contributed by atoms with Crippen molar-refractivity contribution in [3.63, 3.8) is 0 Å². The van der Waals surface area contributed by atoms with Crippen LogP contribution in [0.3, 0.4) is 0 Å². The first kappa shape index (κ1) is 29.1. The van der Waals surface area contributed by atoms with Gasteiger partial charge in [-0.2, -0.15) is 0 Å². The van der Waals surface area contributed by atoms with Gasteiger partial charge in [0.1, 0.15) is 41.2 Å². The number of rotatable bonds is 3. The molecule has 0 bridgehead atoms. The number of esters is 3. The lowest BCUT2D eigenvalue weighted by atomic mass is 9.56. The largest absolute Gasteiger partial charge is 0.458 e. The summed E-state index contributed by atoms with van der Waals surface area (Å²) in [5, 5.41) is 25.1. The summed E-state index contributed by atoms with van der Waals surface area (Å²) < 4.78 is 38.1. The van der Waals surface area contributed by atoms with Crippen LogP contribution in [-0.2, 0) is 42.8 Å². The lowest BCUT2D eigenvalue weighted by molar-refractivity contribution is -0.270. The first-order valence-corrected chi connectivity index (χ1v) is 16.0. The molecule has 0 amide bonds. The Morgan fingerprint density at radius 3 is 2.55 bits per heavy atom. The summed E-state index contributed by atoms with van der Waals surface area (Å²) in [5.74, 6) is -2.71. The van der Waals surface area contributed by atoms with Crippen LogP contribution in [0.15, 0.2) is 23.3 Å². The molecule has 5 aliphatic heterocycles. The van der Waals surface area contributed by atoms with Gasteiger partial charge in [-0.05, 0) is 59.5 Å². The average molecular weight is 615 g/mol. The van der Waals surface area contributed by atoms with Crippen molar-refractivity contribution < 1.29 is 53.0 Å². The van der Waals surface area contributed by atoms with E-state index in [2.05, 4.69) is 6.92 Å². The van der Waals surface area contributed by atoms with Crippen LogP contribution in [-0.4, -0.2) is 92.8 Å². The monoisotopic (exact) mass is 614 g/mol. The Kier molecular flexibility index (Phi) is 5.78. The molecule has 4 saturated heterocycles. The van der Waals surface area contributed by atoms with Crippen LogP contribution in [0.5, 0.6) is 0 Å². The second-order valence-corrected chi connectivity index (χ2v) is 15.2. The first-order chi connectivity index (χ1) is 20.6. The molecule has 240 valence electrons. The molecular weight excluding hydrogens is 572 g/mol. The first-order valence-electron chi connectivity index (χ1n) is 16.0. The standard InChI is InChI=1S/C33H42O11/c1-7-14(2)27(36)40-19-10-20-29(5,6)41-22-11-24(35)43-31(20,22)13-30(38)12-21(34)32-17(9-23-33(32,42-23)26(19)30)16(4)25(44-32)18-8-15(3)28(37)39-18/h7-8,16-23,25-26,34,38H,9-13H2,1-6H3/b14-7-/t16-,17-,18+,19-,20+,21+,22-,23+,25-,26-,30+,31-,32-,33-/m1/s1. The van der Waals surface area contributed by atoms with E-state index in [1.54, 1.807) is 32.9 Å². The number of ether oxygens (including phenoxy) is 6. The maximum atomic E-state index is 13.4. The molecule has 0 radical (unpaired) electrons. The lowest BCUT2D eigenvalue weighted by Gasteiger charge is -2.56. The fourth-order valence-electron chi connectivity index (χ4n) is 11.0. The Morgan fingerprint density at radius 1 is 1.11 bits per heavy atom. The quantitative estimate of drug-likeness (QED) is 0.208. The van der Waals surface area contributed by atoms with Crippen LogP contribution < -0.4 is 0 Å². The van der Waals surface area contributed by atoms with E-state index in [4.69, 9.17) is 28.4 Å². The molecule has 0 aromatic heterocycles. The number of allylic oxidation sites excluding steroid dienone is 1. The van der Waals surface area contributed by atoms with Crippen molar-refractivity contribution in [2.24, 2.45) is 23.7 Å². The van der Waals surface area contributed by atoms with Crippen LogP contribution >= 0.6 is 0 Å². The highest BCUT2D eigenvalue weighted by Crippen LogP contribution is 2.76. The number of aliphatic hydroxyl groups excluding tert-OH is 1. The molecule has 2 N–H and O–H groups in total. The molecule has 0 aromatic rings. The van der Waals surface area contributed by atoms with E-state index in [-0.39, 0.29) is 49.6 Å². The Hall–Kier alpha value is -2.31. The number of fused-ring (bicyclic) bond motifs is 1. The number of carbonyl (C=O) groups excluding carboxylic acids is 3. The SMILES string of the molecule is C/C=C(/C)C(=O)O[C@@H]1C[C@H]2C(C)(C)O[C@@H]3CC(=O)O[C@@]32C[C@@]2(O)C[C@H](O)[C@]34O[C@@H]([C@@H]5C=C(C)C(=O)O5)[C@H](C)[C@H]3C[C@@H]3O[C@@]34[C@H]12. The van der Waals surface area contributed by atoms with Gasteiger partial charge in [0.15, 0.2) is 0 Å². The number of cyclic esters (lactones) is 1. The van der Waals surface area contributed by atoms with Crippen molar-refractivity contribution in [3.05, 3.63) is 23.3 Å². The molecule has 14 atom stereocenters. The fourth-order valence-corrected chi connectivity index (χ4v) is 11.0. The van der Waals surface area contributed by atoms with Crippen LogP contribution in [0.2, 0.25) is 0 Å². The van der Waals surface area contributed by atoms with E-state index in [1.165, 1.54) is 0 Å². The van der Waals surface area contributed by atoms with Gasteiger partial charge in [0.25, 0.3) is 0 Å². The molecular formula is C33H42O11. The minimum Gasteiger partial charge on any atom is -0.458 e. The average Bonchev–Trinajstić information content (AvgIpc) is 3.10. The van der Waals surface area contributed by atoms with Crippen LogP contribution in [0.4, 0.5) is 0 Å². The van der Waals surface area contributed by atoms with Crippen molar-refractivity contribution >= 4 is 17.9 Å². The van der Waals surface area contributed by atoms with Gasteiger partial charge in [0.2, 0.25) is 0 Å². The van der Waals surface area contributed by atoms with Gasteiger partial charge in [-0.3, -0.25) is 4.79 Å². The summed E-state index contributed by atoms with van der Waals surface area (Å²) in [6, 6.07) is 0. The minimum atomic E-state index is -1.65. The summed E-state index contributed by atoms with van der Waals surface area (Å²) in [4.78, 5) is 38.5. The summed E-state index contributed by atoms with van der Waals surface area (Å²) in [6.45, 7) is 11.1. The van der Waals surface area contributed by atoms with Crippen molar-refractivity contribution in [2.45, 2.75) is 138 Å². The zero-order valence-corrected chi connectivity index (χ0v) is 26.0. The molecule has 3 saturated carbocycles. The number of epoxide rings is 1. The highest BCUT2D eigenvalue weighted by Gasteiger charge is 2.91.